The standard InChI is InChI=1S/C12H10O.CO2/c1-9(13)11-8-4-6-10-5-2-3-7-12(10)11;2-1-3/h2-8H,1H3;. The lowest BCUT2D eigenvalue weighted by molar-refractivity contribution is -0.191. The number of benzene rings is 2. The predicted molar refractivity (Wildman–Crippen MR) is 59.0 cm³/mol. The summed E-state index contributed by atoms with van der Waals surface area (Å²) in [7, 11) is 0. The average Bonchev–Trinajstić information content (AvgIpc) is 2.29. The van der Waals surface area contributed by atoms with Crippen molar-refractivity contribution in [3.05, 3.63) is 48.0 Å². The van der Waals surface area contributed by atoms with Crippen molar-refractivity contribution < 1.29 is 14.4 Å². The lowest BCUT2D eigenvalue weighted by Crippen LogP contribution is -1.92. The SMILES string of the molecule is CC(=O)c1cccc2ccccc12.O=C=O. The lowest BCUT2D eigenvalue weighted by atomic mass is 10.0. The van der Waals surface area contributed by atoms with Crippen LogP contribution < -0.4 is 0 Å². The van der Waals surface area contributed by atoms with Crippen molar-refractivity contribution in [1.82, 2.24) is 0 Å². The predicted octanol–water partition coefficient (Wildman–Crippen LogP) is 2.46. The van der Waals surface area contributed by atoms with Crippen molar-refractivity contribution in [3.63, 3.8) is 0 Å². The summed E-state index contributed by atoms with van der Waals surface area (Å²) in [5.74, 6) is 0.122. The van der Waals surface area contributed by atoms with Gasteiger partial charge in [0.2, 0.25) is 0 Å². The molecule has 0 aliphatic rings. The molecule has 0 radical (unpaired) electrons. The van der Waals surface area contributed by atoms with Crippen LogP contribution in [0.4, 0.5) is 0 Å². The summed E-state index contributed by atoms with van der Waals surface area (Å²) in [5.41, 5.74) is 0.804. The fourth-order valence-corrected chi connectivity index (χ4v) is 1.53. The molecule has 80 valence electrons. The van der Waals surface area contributed by atoms with Gasteiger partial charge in [0.15, 0.2) is 5.78 Å². The molecule has 0 aliphatic heterocycles. The summed E-state index contributed by atoms with van der Waals surface area (Å²) in [6.07, 6.45) is 0.250. The quantitative estimate of drug-likeness (QED) is 0.685. The van der Waals surface area contributed by atoms with E-state index in [1.165, 1.54) is 0 Å². The highest BCUT2D eigenvalue weighted by Crippen LogP contribution is 2.18. The normalized spacial score (nSPS) is 8.81. The molecule has 0 amide bonds. The lowest BCUT2D eigenvalue weighted by Gasteiger charge is -2.01. The summed E-state index contributed by atoms with van der Waals surface area (Å²) >= 11 is 0. The fraction of sp³-hybridized carbons (Fsp3) is 0.0769. The van der Waals surface area contributed by atoms with Crippen LogP contribution in [0.1, 0.15) is 17.3 Å². The van der Waals surface area contributed by atoms with E-state index in [2.05, 4.69) is 0 Å². The van der Waals surface area contributed by atoms with E-state index in [0.717, 1.165) is 16.3 Å². The van der Waals surface area contributed by atoms with E-state index in [1.54, 1.807) is 6.92 Å². The molecule has 0 aliphatic carbocycles. The first-order valence-corrected chi connectivity index (χ1v) is 4.68. The van der Waals surface area contributed by atoms with Gasteiger partial charge in [-0.25, -0.2) is 0 Å². The Morgan fingerprint density at radius 2 is 1.56 bits per heavy atom. The second kappa shape index (κ2) is 5.59. The van der Waals surface area contributed by atoms with Gasteiger partial charge >= 0.3 is 6.15 Å². The third-order valence-corrected chi connectivity index (χ3v) is 2.17. The zero-order valence-corrected chi connectivity index (χ0v) is 8.77. The number of carbonyl (C=O) groups is 1. The molecule has 2 aromatic carbocycles. The van der Waals surface area contributed by atoms with Gasteiger partial charge in [0.25, 0.3) is 0 Å². The summed E-state index contributed by atoms with van der Waals surface area (Å²) in [6.45, 7) is 1.60. The zero-order valence-electron chi connectivity index (χ0n) is 8.77. The van der Waals surface area contributed by atoms with Gasteiger partial charge in [0.05, 0.1) is 0 Å². The van der Waals surface area contributed by atoms with Crippen molar-refractivity contribution >= 4 is 22.7 Å². The highest BCUT2D eigenvalue weighted by Gasteiger charge is 2.02. The first-order chi connectivity index (χ1) is 7.70. The van der Waals surface area contributed by atoms with Crippen molar-refractivity contribution in [3.8, 4) is 0 Å². The first-order valence-electron chi connectivity index (χ1n) is 4.68. The van der Waals surface area contributed by atoms with Crippen LogP contribution >= 0.6 is 0 Å². The van der Waals surface area contributed by atoms with Gasteiger partial charge < -0.3 is 0 Å². The van der Waals surface area contributed by atoms with Crippen LogP contribution in [-0.4, -0.2) is 11.9 Å². The summed E-state index contributed by atoms with van der Waals surface area (Å²) in [4.78, 5) is 27.5. The van der Waals surface area contributed by atoms with Crippen molar-refractivity contribution in [2.24, 2.45) is 0 Å². The molecule has 0 spiro atoms. The minimum Gasteiger partial charge on any atom is -0.294 e. The van der Waals surface area contributed by atoms with Crippen LogP contribution in [0, 0.1) is 0 Å². The Morgan fingerprint density at radius 1 is 1.00 bits per heavy atom. The van der Waals surface area contributed by atoms with E-state index in [-0.39, 0.29) is 11.9 Å². The van der Waals surface area contributed by atoms with Gasteiger partial charge in [-0.2, -0.15) is 9.59 Å². The molecule has 0 unspecified atom stereocenters. The van der Waals surface area contributed by atoms with E-state index >= 15 is 0 Å². The third-order valence-electron chi connectivity index (χ3n) is 2.17. The molecule has 0 saturated carbocycles. The average molecular weight is 214 g/mol. The molecule has 2 aromatic rings. The maximum absolute atomic E-state index is 11.3. The van der Waals surface area contributed by atoms with Gasteiger partial charge in [-0.15, -0.1) is 0 Å². The van der Waals surface area contributed by atoms with E-state index in [0.29, 0.717) is 0 Å². The van der Waals surface area contributed by atoms with Crippen LogP contribution in [0.5, 0.6) is 0 Å². The highest BCUT2D eigenvalue weighted by molar-refractivity contribution is 6.06. The molecular weight excluding hydrogens is 204 g/mol. The second-order valence-corrected chi connectivity index (χ2v) is 3.17. The maximum atomic E-state index is 11.3. The van der Waals surface area contributed by atoms with Crippen LogP contribution in [0.15, 0.2) is 42.5 Å². The number of rotatable bonds is 1. The summed E-state index contributed by atoms with van der Waals surface area (Å²) < 4.78 is 0. The Labute approximate surface area is 92.7 Å². The monoisotopic (exact) mass is 214 g/mol. The van der Waals surface area contributed by atoms with Crippen LogP contribution in [0.2, 0.25) is 0 Å². The van der Waals surface area contributed by atoms with E-state index in [1.807, 2.05) is 42.5 Å². The molecule has 3 heteroatoms. The van der Waals surface area contributed by atoms with Gasteiger partial charge in [0.1, 0.15) is 0 Å². The number of ketones is 1. The fourth-order valence-electron chi connectivity index (χ4n) is 1.53. The number of Topliss-reactive ketones (excluding diaryl/α,β-unsaturated/α-hetero) is 1. The number of hydrogen-bond donors (Lipinski definition) is 0. The molecule has 0 heterocycles. The van der Waals surface area contributed by atoms with Crippen LogP contribution in [0.25, 0.3) is 10.8 Å². The molecule has 3 nitrogen and oxygen atoms in total. The molecule has 0 fully saturated rings. The van der Waals surface area contributed by atoms with E-state index in [9.17, 15) is 4.79 Å². The Bertz CT molecular complexity index is 532. The minimum absolute atomic E-state index is 0.122. The van der Waals surface area contributed by atoms with Crippen LogP contribution in [-0.2, 0) is 9.59 Å². The van der Waals surface area contributed by atoms with E-state index < -0.39 is 0 Å². The van der Waals surface area contributed by atoms with Gasteiger partial charge in [-0.05, 0) is 17.7 Å². The van der Waals surface area contributed by atoms with Crippen molar-refractivity contribution in [2.75, 3.05) is 0 Å². The Hall–Kier alpha value is -2.25. The van der Waals surface area contributed by atoms with Crippen molar-refractivity contribution in [1.29, 1.82) is 0 Å². The minimum atomic E-state index is 0.122. The Kier molecular flexibility index (Phi) is 4.13. The maximum Gasteiger partial charge on any atom is 0.373 e. The first kappa shape index (κ1) is 11.8. The zero-order chi connectivity index (χ0) is 12.0. The Morgan fingerprint density at radius 3 is 2.19 bits per heavy atom. The molecular formula is C13H10O3. The largest absolute Gasteiger partial charge is 0.373 e. The number of fused-ring (bicyclic) bond motifs is 1. The summed E-state index contributed by atoms with van der Waals surface area (Å²) in [6, 6.07) is 13.7. The molecule has 16 heavy (non-hydrogen) atoms. The third kappa shape index (κ3) is 2.62. The summed E-state index contributed by atoms with van der Waals surface area (Å²) in [5, 5.41) is 2.16. The molecule has 0 N–H and O–H groups in total. The van der Waals surface area contributed by atoms with Gasteiger partial charge in [-0.1, -0.05) is 42.5 Å². The smallest absolute Gasteiger partial charge is 0.294 e. The molecule has 0 saturated heterocycles. The molecule has 0 atom stereocenters. The van der Waals surface area contributed by atoms with Gasteiger partial charge in [0, 0.05) is 5.56 Å². The van der Waals surface area contributed by atoms with Gasteiger partial charge in [-0.3, -0.25) is 4.79 Å². The number of carbonyl (C=O) groups excluding carboxylic acids is 3. The van der Waals surface area contributed by atoms with E-state index in [4.69, 9.17) is 9.59 Å². The number of hydrogen-bond acceptors (Lipinski definition) is 3. The second-order valence-electron chi connectivity index (χ2n) is 3.17. The topological polar surface area (TPSA) is 51.2 Å². The Balaban J connectivity index is 0.000000386. The highest BCUT2D eigenvalue weighted by atomic mass is 16.2. The molecule has 0 bridgehead atoms. The van der Waals surface area contributed by atoms with Crippen LogP contribution in [0.3, 0.4) is 0 Å². The molecule has 0 aromatic heterocycles. The van der Waals surface area contributed by atoms with Crippen molar-refractivity contribution in [2.45, 2.75) is 6.92 Å². The molecule has 2 rings (SSSR count).